The van der Waals surface area contributed by atoms with E-state index in [1.165, 1.54) is 43.7 Å². The lowest BCUT2D eigenvalue weighted by molar-refractivity contribution is 0.104. The second-order valence-electron chi connectivity index (χ2n) is 11.8. The number of methoxy groups -OCH3 is 1. The molecule has 45 heavy (non-hydrogen) atoms. The Morgan fingerprint density at radius 2 is 1.56 bits per heavy atom. The van der Waals surface area contributed by atoms with Gasteiger partial charge < -0.3 is 14.2 Å². The number of fused-ring (bicyclic) bond motifs is 1. The van der Waals surface area contributed by atoms with Gasteiger partial charge in [0.25, 0.3) is 0 Å². The first kappa shape index (κ1) is 32.5. The van der Waals surface area contributed by atoms with Gasteiger partial charge in [0.2, 0.25) is 10.0 Å². The number of hydrogen-bond acceptors (Lipinski definition) is 7. The fourth-order valence-electron chi connectivity index (χ4n) is 5.67. The average molecular weight is 631 g/mol. The lowest BCUT2D eigenvalue weighted by Gasteiger charge is -2.26. The van der Waals surface area contributed by atoms with Crippen LogP contribution in [0.2, 0.25) is 0 Å². The molecule has 0 radical (unpaired) electrons. The minimum Gasteiger partial charge on any atom is -0.497 e. The maximum absolute atomic E-state index is 14.4. The lowest BCUT2D eigenvalue weighted by atomic mass is 9.89. The summed E-state index contributed by atoms with van der Waals surface area (Å²) in [5.41, 5.74) is 2.27. The second-order valence-corrected chi connectivity index (χ2v) is 13.9. The van der Waals surface area contributed by atoms with Crippen LogP contribution < -0.4 is 14.2 Å². The van der Waals surface area contributed by atoms with Crippen molar-refractivity contribution >= 4 is 26.6 Å². The largest absolute Gasteiger partial charge is 0.497 e. The fourth-order valence-corrected chi connectivity index (χ4v) is 6.59. The van der Waals surface area contributed by atoms with E-state index < -0.39 is 10.0 Å². The van der Waals surface area contributed by atoms with Crippen LogP contribution in [0.3, 0.4) is 0 Å². The summed E-state index contributed by atoms with van der Waals surface area (Å²) in [5.74, 6) is 1.62. The van der Waals surface area contributed by atoms with Crippen molar-refractivity contribution < 1.29 is 27.4 Å². The van der Waals surface area contributed by atoms with Crippen LogP contribution in [0.15, 0.2) is 77.7 Å². The molecule has 1 saturated heterocycles. The van der Waals surface area contributed by atoms with Crippen LogP contribution in [0, 0.1) is 0 Å². The van der Waals surface area contributed by atoms with E-state index >= 15 is 0 Å². The highest BCUT2D eigenvalue weighted by atomic mass is 32.2. The normalized spacial score (nSPS) is 14.2. The van der Waals surface area contributed by atoms with Crippen molar-refractivity contribution in [1.82, 2.24) is 9.21 Å². The van der Waals surface area contributed by atoms with E-state index in [1.807, 2.05) is 56.3 Å². The number of ketones is 1. The molecule has 0 aromatic heterocycles. The van der Waals surface area contributed by atoms with Crippen LogP contribution in [-0.2, 0) is 10.0 Å². The van der Waals surface area contributed by atoms with Gasteiger partial charge in [-0.05, 0) is 111 Å². The summed E-state index contributed by atoms with van der Waals surface area (Å²) < 4.78 is 44.8. The third-order valence-electron chi connectivity index (χ3n) is 8.08. The average Bonchev–Trinajstić information content (AvgIpc) is 3.04. The zero-order valence-electron chi connectivity index (χ0n) is 26.7. The second kappa shape index (κ2) is 14.0. The van der Waals surface area contributed by atoms with Crippen molar-refractivity contribution in [3.05, 3.63) is 83.9 Å². The summed E-state index contributed by atoms with van der Waals surface area (Å²) in [6.45, 7) is 7.49. The van der Waals surface area contributed by atoms with Gasteiger partial charge in [-0.25, -0.2) is 12.7 Å². The monoisotopic (exact) mass is 630 g/mol. The minimum absolute atomic E-state index is 0.112. The van der Waals surface area contributed by atoms with Crippen molar-refractivity contribution in [2.75, 3.05) is 47.4 Å². The first-order valence-electron chi connectivity index (χ1n) is 15.4. The molecule has 1 heterocycles. The molecule has 4 aromatic carbocycles. The molecule has 0 N–H and O–H groups in total. The first-order valence-corrected chi connectivity index (χ1v) is 16.9. The van der Waals surface area contributed by atoms with E-state index in [-0.39, 0.29) is 16.8 Å². The Balaban J connectivity index is 1.55. The quantitative estimate of drug-likeness (QED) is 0.162. The molecule has 8 nitrogen and oxygen atoms in total. The number of benzene rings is 4. The molecule has 0 amide bonds. The predicted molar refractivity (Wildman–Crippen MR) is 178 cm³/mol. The molecule has 1 aliphatic heterocycles. The third-order valence-corrected chi connectivity index (χ3v) is 9.89. The summed E-state index contributed by atoms with van der Waals surface area (Å²) in [7, 11) is 0.886. The van der Waals surface area contributed by atoms with Crippen LogP contribution in [0.4, 0.5) is 0 Å². The summed E-state index contributed by atoms with van der Waals surface area (Å²) in [5, 5.41) is 1.60. The molecule has 0 saturated carbocycles. The van der Waals surface area contributed by atoms with Crippen molar-refractivity contribution in [1.29, 1.82) is 0 Å². The van der Waals surface area contributed by atoms with Gasteiger partial charge in [0.05, 0.1) is 18.1 Å². The highest BCUT2D eigenvalue weighted by molar-refractivity contribution is 7.89. The summed E-state index contributed by atoms with van der Waals surface area (Å²) in [4.78, 5) is 16.9. The van der Waals surface area contributed by atoms with Gasteiger partial charge >= 0.3 is 0 Å². The first-order chi connectivity index (χ1) is 21.6. The minimum atomic E-state index is -3.71. The molecule has 0 bridgehead atoms. The van der Waals surface area contributed by atoms with Gasteiger partial charge in [0.1, 0.15) is 23.9 Å². The highest BCUT2D eigenvalue weighted by Gasteiger charge is 2.24. The Hall–Kier alpha value is -3.92. The number of likely N-dealkylation sites (tertiary alicyclic amines) is 1. The molecule has 0 atom stereocenters. The van der Waals surface area contributed by atoms with Gasteiger partial charge in [-0.15, -0.1) is 0 Å². The summed E-state index contributed by atoms with van der Waals surface area (Å²) in [6, 6.07) is 21.5. The molecule has 1 aliphatic rings. The van der Waals surface area contributed by atoms with Gasteiger partial charge in [-0.1, -0.05) is 18.6 Å². The topological polar surface area (TPSA) is 85.4 Å². The van der Waals surface area contributed by atoms with E-state index in [1.54, 1.807) is 31.4 Å². The molecule has 0 spiro atoms. The van der Waals surface area contributed by atoms with Crippen molar-refractivity contribution in [2.45, 2.75) is 44.1 Å². The lowest BCUT2D eigenvalue weighted by Crippen LogP contribution is -2.33. The maximum Gasteiger partial charge on any atom is 0.242 e. The number of ether oxygens (including phenoxy) is 3. The molecular weight excluding hydrogens is 588 g/mol. The fraction of sp³-hybridized carbons (Fsp3) is 0.361. The molecule has 5 rings (SSSR count). The van der Waals surface area contributed by atoms with Crippen LogP contribution in [-0.4, -0.2) is 77.0 Å². The van der Waals surface area contributed by atoms with Crippen molar-refractivity contribution in [3.63, 3.8) is 0 Å². The Labute approximate surface area is 266 Å². The van der Waals surface area contributed by atoms with Gasteiger partial charge in [0.15, 0.2) is 5.78 Å². The van der Waals surface area contributed by atoms with Crippen LogP contribution in [0.1, 0.15) is 49.0 Å². The van der Waals surface area contributed by atoms with E-state index in [9.17, 15) is 13.2 Å². The Bertz CT molecular complexity index is 1760. The number of sulfonamides is 1. The zero-order valence-corrected chi connectivity index (χ0v) is 27.5. The van der Waals surface area contributed by atoms with Crippen LogP contribution in [0.25, 0.3) is 21.9 Å². The van der Waals surface area contributed by atoms with E-state index in [4.69, 9.17) is 14.2 Å². The van der Waals surface area contributed by atoms with E-state index in [0.717, 1.165) is 36.2 Å². The van der Waals surface area contributed by atoms with E-state index in [0.29, 0.717) is 40.4 Å². The Morgan fingerprint density at radius 1 is 0.867 bits per heavy atom. The molecule has 4 aromatic rings. The van der Waals surface area contributed by atoms with E-state index in [2.05, 4.69) is 4.90 Å². The molecule has 1 fully saturated rings. The number of carbonyl (C=O) groups excluding carboxylic acids is 1. The Kier molecular flexibility index (Phi) is 10.1. The zero-order chi connectivity index (χ0) is 32.1. The number of hydrogen-bond donors (Lipinski definition) is 0. The molecule has 0 unspecified atom stereocenters. The van der Waals surface area contributed by atoms with Crippen LogP contribution in [0.5, 0.6) is 17.2 Å². The SMILES string of the molecule is COc1ccc2c(C(=O)c3ccc(OCCN4CCCCC4)cc3)c(-c3ccc(S(=O)(=O)N(C)C)cc3OC(C)C)ccc2c1. The molecule has 9 heteroatoms. The molecule has 238 valence electrons. The van der Waals surface area contributed by atoms with Crippen molar-refractivity contribution in [3.8, 4) is 28.4 Å². The van der Waals surface area contributed by atoms with Gasteiger partial charge in [0, 0.05) is 43.4 Å². The standard InChI is InChI=1S/C36H42N2O6S/c1-25(2)44-34-24-30(45(40,41)37(3)4)15-18-32(34)33-16-11-27-23-29(42-5)14-17-31(27)35(33)36(39)26-9-12-28(13-10-26)43-22-21-38-19-7-6-8-20-38/h9-18,23-25H,6-8,19-22H2,1-5H3. The van der Waals surface area contributed by atoms with Gasteiger partial charge in [-0.2, -0.15) is 0 Å². The predicted octanol–water partition coefficient (Wildman–Crippen LogP) is 6.65. The maximum atomic E-state index is 14.4. The number of carbonyl (C=O) groups is 1. The Morgan fingerprint density at radius 3 is 2.22 bits per heavy atom. The summed E-state index contributed by atoms with van der Waals surface area (Å²) in [6.07, 6.45) is 3.55. The number of nitrogens with zero attached hydrogens (tertiary/aromatic N) is 2. The molecular formula is C36H42N2O6S. The smallest absolute Gasteiger partial charge is 0.242 e. The van der Waals surface area contributed by atoms with Crippen molar-refractivity contribution in [2.24, 2.45) is 0 Å². The van der Waals surface area contributed by atoms with Gasteiger partial charge in [-0.3, -0.25) is 9.69 Å². The number of rotatable bonds is 12. The van der Waals surface area contributed by atoms with Crippen LogP contribution >= 0.6 is 0 Å². The summed E-state index contributed by atoms with van der Waals surface area (Å²) >= 11 is 0. The highest BCUT2D eigenvalue weighted by Crippen LogP contribution is 2.40. The number of piperidine rings is 1. The third kappa shape index (κ3) is 7.32. The molecule has 0 aliphatic carbocycles.